The molecule has 1 aliphatic carbocycles. The second-order valence-electron chi connectivity index (χ2n) is 10.4. The summed E-state index contributed by atoms with van der Waals surface area (Å²) in [4.78, 5) is 19.6. The van der Waals surface area contributed by atoms with Crippen LogP contribution in [0.4, 0.5) is 5.00 Å². The largest absolute Gasteiger partial charge is 0.493 e. The predicted octanol–water partition coefficient (Wildman–Crippen LogP) is 7.12. The van der Waals surface area contributed by atoms with Gasteiger partial charge in [0.15, 0.2) is 5.11 Å². The average Bonchev–Trinajstić information content (AvgIpc) is 3.26. The molecule has 1 atom stereocenters. The van der Waals surface area contributed by atoms with Gasteiger partial charge in [-0.05, 0) is 73.1 Å². The van der Waals surface area contributed by atoms with Gasteiger partial charge in [-0.25, -0.2) is 4.98 Å². The lowest BCUT2D eigenvalue weighted by molar-refractivity contribution is 0.0979. The number of nitrogens with zero attached hydrogens (tertiary/aromatic N) is 2. The predicted molar refractivity (Wildman–Crippen MR) is 161 cm³/mol. The smallest absolute Gasteiger partial charge is 0.258 e. The number of carbonyl (C=O) groups excluding carboxylic acids is 1. The summed E-state index contributed by atoms with van der Waals surface area (Å²) in [6, 6.07) is 19.4. The summed E-state index contributed by atoms with van der Waals surface area (Å²) in [6.45, 7) is 7.06. The number of pyridine rings is 1. The summed E-state index contributed by atoms with van der Waals surface area (Å²) >= 11 is 7.08. The Hall–Kier alpha value is -3.80. The van der Waals surface area contributed by atoms with E-state index in [0.29, 0.717) is 45.8 Å². The molecule has 0 saturated heterocycles. The first-order valence-electron chi connectivity index (χ1n) is 13.1. The van der Waals surface area contributed by atoms with Crippen LogP contribution in [-0.2, 0) is 12.8 Å². The van der Waals surface area contributed by atoms with Gasteiger partial charge in [-0.2, -0.15) is 5.26 Å². The Morgan fingerprint density at radius 2 is 2.05 bits per heavy atom. The summed E-state index contributed by atoms with van der Waals surface area (Å²) in [7, 11) is 0. The molecular formula is C31H30N4O2S2. The van der Waals surface area contributed by atoms with E-state index in [1.807, 2.05) is 48.5 Å². The van der Waals surface area contributed by atoms with E-state index in [1.54, 1.807) is 17.4 Å². The molecule has 8 heteroatoms. The fourth-order valence-corrected chi connectivity index (χ4v) is 6.41. The molecule has 0 aliphatic heterocycles. The molecule has 0 saturated carbocycles. The number of thiophene rings is 1. The number of hydrogen-bond donors (Lipinski definition) is 2. The van der Waals surface area contributed by atoms with Crippen LogP contribution in [0.5, 0.6) is 5.75 Å². The second-order valence-corrected chi connectivity index (χ2v) is 11.9. The molecule has 0 bridgehead atoms. The maximum atomic E-state index is 13.5. The van der Waals surface area contributed by atoms with Crippen molar-refractivity contribution in [2.24, 2.45) is 11.8 Å². The van der Waals surface area contributed by atoms with Crippen molar-refractivity contribution >= 4 is 50.5 Å². The summed E-state index contributed by atoms with van der Waals surface area (Å²) in [5, 5.41) is 17.3. The zero-order valence-electron chi connectivity index (χ0n) is 22.2. The molecule has 2 aromatic carbocycles. The summed E-state index contributed by atoms with van der Waals surface area (Å²) in [5.41, 5.74) is 4.44. The van der Waals surface area contributed by atoms with Crippen molar-refractivity contribution in [3.8, 4) is 23.1 Å². The van der Waals surface area contributed by atoms with E-state index in [2.05, 4.69) is 37.5 Å². The van der Waals surface area contributed by atoms with Crippen molar-refractivity contribution in [2.75, 3.05) is 11.9 Å². The summed E-state index contributed by atoms with van der Waals surface area (Å²) in [5.74, 6) is 1.42. The zero-order valence-corrected chi connectivity index (χ0v) is 23.8. The molecule has 0 spiro atoms. The van der Waals surface area contributed by atoms with Crippen molar-refractivity contribution in [1.82, 2.24) is 10.3 Å². The number of benzene rings is 2. The number of thiocarbonyl (C=S) groups is 1. The van der Waals surface area contributed by atoms with E-state index in [-0.39, 0.29) is 11.0 Å². The Bertz CT molecular complexity index is 1600. The molecule has 1 aliphatic rings. The van der Waals surface area contributed by atoms with Crippen LogP contribution in [-0.4, -0.2) is 22.6 Å². The van der Waals surface area contributed by atoms with Crippen molar-refractivity contribution in [3.05, 3.63) is 76.2 Å². The van der Waals surface area contributed by atoms with Gasteiger partial charge in [0.25, 0.3) is 5.91 Å². The minimum absolute atomic E-state index is 0.162. The van der Waals surface area contributed by atoms with Crippen LogP contribution < -0.4 is 15.4 Å². The fourth-order valence-electron chi connectivity index (χ4n) is 4.78. The van der Waals surface area contributed by atoms with Gasteiger partial charge in [0, 0.05) is 15.8 Å². The molecule has 0 unspecified atom stereocenters. The molecule has 5 rings (SSSR count). The summed E-state index contributed by atoms with van der Waals surface area (Å²) in [6.07, 6.45) is 2.93. The number of rotatable bonds is 6. The van der Waals surface area contributed by atoms with Crippen LogP contribution in [0, 0.1) is 23.2 Å². The Morgan fingerprint density at radius 3 is 2.85 bits per heavy atom. The number of nitrogens with one attached hydrogen (secondary N) is 2. The SMILES string of the molecule is CC(C)COc1cccc(-c2cc(C(=O)NC(=S)Nc3sc4c(c3C#N)CC[C@H](C)C4)c3ccccc3n2)c1. The van der Waals surface area contributed by atoms with Crippen LogP contribution in [0.2, 0.25) is 0 Å². The average molecular weight is 555 g/mol. The zero-order chi connectivity index (χ0) is 27.5. The molecule has 39 heavy (non-hydrogen) atoms. The highest BCUT2D eigenvalue weighted by molar-refractivity contribution is 7.80. The molecule has 0 radical (unpaired) electrons. The van der Waals surface area contributed by atoms with Crippen molar-refractivity contribution < 1.29 is 9.53 Å². The number of anilines is 1. The number of hydrogen-bond acceptors (Lipinski definition) is 6. The fraction of sp³-hybridized carbons (Fsp3) is 0.290. The lowest BCUT2D eigenvalue weighted by Crippen LogP contribution is -2.34. The highest BCUT2D eigenvalue weighted by atomic mass is 32.1. The molecule has 2 aromatic heterocycles. The monoisotopic (exact) mass is 554 g/mol. The van der Waals surface area contributed by atoms with Gasteiger partial charge < -0.3 is 10.1 Å². The standard InChI is InChI=1S/C31H30N4O2S2/c1-18(2)17-37-21-8-6-7-20(14-21)27-15-24(22-9-4-5-10-26(22)33-27)29(36)34-31(38)35-30-25(16-32)23-12-11-19(3)13-28(23)39-30/h4-10,14-15,18-19H,11-13,17H2,1-3H3,(H2,34,35,36,38)/t19-/m0/s1. The number of para-hydroxylation sites is 1. The topological polar surface area (TPSA) is 87.0 Å². The number of ether oxygens (including phenoxy) is 1. The normalized spacial score (nSPS) is 14.5. The van der Waals surface area contributed by atoms with E-state index < -0.39 is 0 Å². The Morgan fingerprint density at radius 1 is 1.23 bits per heavy atom. The van der Waals surface area contributed by atoms with E-state index in [1.165, 1.54) is 4.88 Å². The van der Waals surface area contributed by atoms with Crippen LogP contribution in [0.1, 0.15) is 53.6 Å². The van der Waals surface area contributed by atoms with Crippen molar-refractivity contribution in [1.29, 1.82) is 5.26 Å². The van der Waals surface area contributed by atoms with Gasteiger partial charge in [-0.3, -0.25) is 10.1 Å². The van der Waals surface area contributed by atoms with Crippen LogP contribution in [0.25, 0.3) is 22.2 Å². The van der Waals surface area contributed by atoms with E-state index in [9.17, 15) is 10.1 Å². The van der Waals surface area contributed by atoms with E-state index in [4.69, 9.17) is 21.9 Å². The van der Waals surface area contributed by atoms with E-state index >= 15 is 0 Å². The molecule has 2 N–H and O–H groups in total. The minimum Gasteiger partial charge on any atom is -0.493 e. The number of fused-ring (bicyclic) bond motifs is 2. The van der Waals surface area contributed by atoms with Gasteiger partial charge in [0.05, 0.1) is 28.9 Å². The third-order valence-corrected chi connectivity index (χ3v) is 8.13. The first kappa shape index (κ1) is 26.8. The van der Waals surface area contributed by atoms with Gasteiger partial charge >= 0.3 is 0 Å². The molecule has 198 valence electrons. The van der Waals surface area contributed by atoms with Gasteiger partial charge in [0.2, 0.25) is 0 Å². The molecule has 4 aromatic rings. The second kappa shape index (κ2) is 11.5. The van der Waals surface area contributed by atoms with Gasteiger partial charge in [-0.15, -0.1) is 11.3 Å². The third kappa shape index (κ3) is 5.95. The third-order valence-electron chi connectivity index (χ3n) is 6.75. The van der Waals surface area contributed by atoms with E-state index in [0.717, 1.165) is 41.5 Å². The molecular weight excluding hydrogens is 525 g/mol. The maximum Gasteiger partial charge on any atom is 0.258 e. The maximum absolute atomic E-state index is 13.5. The first-order valence-corrected chi connectivity index (χ1v) is 14.3. The quantitative estimate of drug-likeness (QED) is 0.247. The highest BCUT2D eigenvalue weighted by Crippen LogP contribution is 2.39. The van der Waals surface area contributed by atoms with Crippen molar-refractivity contribution in [3.63, 3.8) is 0 Å². The lowest BCUT2D eigenvalue weighted by atomic mass is 9.89. The number of nitriles is 1. The van der Waals surface area contributed by atoms with Crippen LogP contribution in [0.15, 0.2) is 54.6 Å². The number of amides is 1. The van der Waals surface area contributed by atoms with Crippen molar-refractivity contribution in [2.45, 2.75) is 40.0 Å². The molecule has 1 amide bonds. The minimum atomic E-state index is -0.340. The van der Waals surface area contributed by atoms with Gasteiger partial charge in [0.1, 0.15) is 16.8 Å². The Balaban J connectivity index is 1.41. The number of carbonyl (C=O) groups is 1. The van der Waals surface area contributed by atoms with Gasteiger partial charge in [-0.1, -0.05) is 51.1 Å². The molecule has 0 fully saturated rings. The number of aromatic nitrogens is 1. The van der Waals surface area contributed by atoms with Crippen LogP contribution >= 0.6 is 23.6 Å². The highest BCUT2D eigenvalue weighted by Gasteiger charge is 2.25. The first-order chi connectivity index (χ1) is 18.8. The Kier molecular flexibility index (Phi) is 7.92. The summed E-state index contributed by atoms with van der Waals surface area (Å²) < 4.78 is 5.90. The van der Waals surface area contributed by atoms with Crippen LogP contribution in [0.3, 0.4) is 0 Å². The molecule has 6 nitrogen and oxygen atoms in total. The Labute approximate surface area is 238 Å². The molecule has 2 heterocycles. The lowest BCUT2D eigenvalue weighted by Gasteiger charge is -2.17.